The largest absolute Gasteiger partial charge is 0.500 e. The summed E-state index contributed by atoms with van der Waals surface area (Å²) >= 11 is 0. The third-order valence-electron chi connectivity index (χ3n) is 6.00. The van der Waals surface area contributed by atoms with Gasteiger partial charge in [-0.3, -0.25) is 4.79 Å². The molecular weight excluding hydrogens is 398 g/mol. The van der Waals surface area contributed by atoms with Crippen molar-refractivity contribution in [2.75, 3.05) is 6.61 Å². The van der Waals surface area contributed by atoms with Gasteiger partial charge in [0, 0.05) is 22.3 Å². The molecule has 2 unspecified atom stereocenters. The van der Waals surface area contributed by atoms with Crippen LogP contribution in [0.15, 0.2) is 120 Å². The Balaban J connectivity index is 1.56. The second-order valence-electron chi connectivity index (χ2n) is 7.92. The Morgan fingerprint density at radius 3 is 1.91 bits per heavy atom. The molecule has 1 aliphatic carbocycles. The molecule has 2 atom stereocenters. The van der Waals surface area contributed by atoms with Crippen LogP contribution in [0.5, 0.6) is 0 Å². The molecule has 3 aromatic carbocycles. The number of fused-ring (bicyclic) bond motifs is 1. The maximum Gasteiger partial charge on any atom is 0.212 e. The van der Waals surface area contributed by atoms with Gasteiger partial charge in [0.2, 0.25) is 5.60 Å². The van der Waals surface area contributed by atoms with Gasteiger partial charge in [-0.25, -0.2) is 0 Å². The molecule has 0 radical (unpaired) electrons. The van der Waals surface area contributed by atoms with Gasteiger partial charge in [-0.1, -0.05) is 108 Å². The molecule has 0 saturated carbocycles. The Labute approximate surface area is 187 Å². The summed E-state index contributed by atoms with van der Waals surface area (Å²) in [6.45, 7) is 0.395. The number of hydrogen-bond donors (Lipinski definition) is 0. The first-order valence-electron chi connectivity index (χ1n) is 10.7. The zero-order valence-electron chi connectivity index (χ0n) is 17.5. The predicted octanol–water partition coefficient (Wildman–Crippen LogP) is 5.27. The van der Waals surface area contributed by atoms with E-state index < -0.39 is 11.5 Å². The number of benzene rings is 3. The monoisotopic (exact) mass is 421 g/mol. The summed E-state index contributed by atoms with van der Waals surface area (Å²) < 4.78 is 5.33. The first-order chi connectivity index (χ1) is 15.8. The molecule has 2 aliphatic rings. The summed E-state index contributed by atoms with van der Waals surface area (Å²) in [7, 11) is 0. The van der Waals surface area contributed by atoms with Gasteiger partial charge in [0.15, 0.2) is 5.78 Å². The number of Topliss-reactive ketones (excluding diaryl/α,β-unsaturated/α-hetero) is 1. The van der Waals surface area contributed by atoms with Crippen molar-refractivity contribution < 1.29 is 14.4 Å². The van der Waals surface area contributed by atoms with Gasteiger partial charge in [-0.05, 0) is 0 Å². The van der Waals surface area contributed by atoms with Crippen LogP contribution in [0.4, 0.5) is 0 Å². The van der Waals surface area contributed by atoms with E-state index in [2.05, 4.69) is 5.16 Å². The second-order valence-corrected chi connectivity index (χ2v) is 7.92. The van der Waals surface area contributed by atoms with Gasteiger partial charge in [-0.15, -0.1) is 0 Å². The van der Waals surface area contributed by atoms with Gasteiger partial charge in [-0.2, -0.15) is 0 Å². The van der Waals surface area contributed by atoms with Gasteiger partial charge in [0.25, 0.3) is 0 Å². The molecule has 0 saturated heterocycles. The number of nitrogens with zero attached hydrogens (tertiary/aromatic N) is 1. The predicted molar refractivity (Wildman–Crippen MR) is 124 cm³/mol. The van der Waals surface area contributed by atoms with Crippen molar-refractivity contribution in [2.45, 2.75) is 5.60 Å². The van der Waals surface area contributed by atoms with Crippen LogP contribution in [0.1, 0.15) is 16.7 Å². The molecule has 0 spiro atoms. The minimum absolute atomic E-state index is 0.0772. The Morgan fingerprint density at radius 1 is 0.844 bits per heavy atom. The number of carbonyl (C=O) groups is 1. The number of oxime groups is 1. The van der Waals surface area contributed by atoms with E-state index in [0.717, 1.165) is 22.3 Å². The Bertz CT molecular complexity index is 1070. The third-order valence-corrected chi connectivity index (χ3v) is 6.00. The van der Waals surface area contributed by atoms with Gasteiger partial charge >= 0.3 is 0 Å². The van der Waals surface area contributed by atoms with E-state index in [9.17, 15) is 4.79 Å². The van der Waals surface area contributed by atoms with Crippen LogP contribution < -0.4 is 0 Å². The second kappa shape index (κ2) is 8.67. The molecule has 5 rings (SSSR count). The van der Waals surface area contributed by atoms with Crippen molar-refractivity contribution in [1.82, 2.24) is 0 Å². The summed E-state index contributed by atoms with van der Waals surface area (Å²) in [5.41, 5.74) is 2.83. The van der Waals surface area contributed by atoms with Crippen LogP contribution in [-0.2, 0) is 20.0 Å². The maximum atomic E-state index is 12.9. The van der Waals surface area contributed by atoms with E-state index in [0.29, 0.717) is 6.61 Å². The highest BCUT2D eigenvalue weighted by molar-refractivity contribution is 6.01. The van der Waals surface area contributed by atoms with Crippen LogP contribution in [-0.4, -0.2) is 18.6 Å². The quantitative estimate of drug-likeness (QED) is 0.310. The molecular formula is C28H23NO3. The van der Waals surface area contributed by atoms with E-state index in [1.165, 1.54) is 0 Å². The molecule has 1 aliphatic heterocycles. The van der Waals surface area contributed by atoms with Crippen molar-refractivity contribution in [3.63, 3.8) is 0 Å². The fraction of sp³-hybridized carbons (Fsp3) is 0.143. The molecule has 0 aromatic heterocycles. The Hall–Kier alpha value is -3.92. The Kier molecular flexibility index (Phi) is 5.42. The van der Waals surface area contributed by atoms with Crippen molar-refractivity contribution in [3.8, 4) is 0 Å². The highest BCUT2D eigenvalue weighted by Gasteiger charge is 2.40. The van der Waals surface area contributed by atoms with Crippen LogP contribution in [0.2, 0.25) is 0 Å². The smallest absolute Gasteiger partial charge is 0.212 e. The molecule has 4 nitrogen and oxygen atoms in total. The molecule has 32 heavy (non-hydrogen) atoms. The SMILES string of the molecule is O=C1C(C=NOC(c2ccccc2)(c2ccccc2)c2ccccc2)C=CC2=COCC12. The van der Waals surface area contributed by atoms with Crippen molar-refractivity contribution in [3.05, 3.63) is 132 Å². The first kappa shape index (κ1) is 20.0. The van der Waals surface area contributed by atoms with E-state index in [1.54, 1.807) is 12.5 Å². The van der Waals surface area contributed by atoms with E-state index in [-0.39, 0.29) is 11.7 Å². The number of ether oxygens (including phenoxy) is 1. The molecule has 0 bridgehead atoms. The highest BCUT2D eigenvalue weighted by Crippen LogP contribution is 2.40. The molecule has 158 valence electrons. The fourth-order valence-corrected chi connectivity index (χ4v) is 4.34. The Morgan fingerprint density at radius 2 is 1.38 bits per heavy atom. The van der Waals surface area contributed by atoms with Crippen molar-refractivity contribution in [2.24, 2.45) is 17.0 Å². The minimum atomic E-state index is -0.955. The van der Waals surface area contributed by atoms with Gasteiger partial charge < -0.3 is 9.57 Å². The average Bonchev–Trinajstić information content (AvgIpc) is 3.35. The zero-order chi connectivity index (χ0) is 21.8. The van der Waals surface area contributed by atoms with Crippen LogP contribution in [0.25, 0.3) is 0 Å². The highest BCUT2D eigenvalue weighted by atomic mass is 16.6. The lowest BCUT2D eigenvalue weighted by atomic mass is 9.80. The standard InChI is InChI=1S/C28H23NO3/c30-27-21(16-17-22-19-31-20-26(22)27)18-29-32-28(23-10-4-1-5-11-23,24-12-6-2-7-13-24)25-14-8-3-9-15-25/h1-19,21,26H,20H2. The molecule has 1 heterocycles. The number of rotatable bonds is 6. The lowest BCUT2D eigenvalue weighted by molar-refractivity contribution is -0.123. The minimum Gasteiger partial charge on any atom is -0.500 e. The van der Waals surface area contributed by atoms with E-state index in [1.807, 2.05) is 103 Å². The lowest BCUT2D eigenvalue weighted by Crippen LogP contribution is -2.32. The lowest BCUT2D eigenvalue weighted by Gasteiger charge is -2.33. The summed E-state index contributed by atoms with van der Waals surface area (Å²) in [5, 5.41) is 4.40. The number of allylic oxidation sites excluding steroid dienone is 2. The van der Waals surface area contributed by atoms with Crippen molar-refractivity contribution >= 4 is 12.0 Å². The van der Waals surface area contributed by atoms with Crippen LogP contribution in [0.3, 0.4) is 0 Å². The topological polar surface area (TPSA) is 47.9 Å². The molecule has 0 fully saturated rings. The van der Waals surface area contributed by atoms with E-state index in [4.69, 9.17) is 9.57 Å². The number of ketones is 1. The summed E-state index contributed by atoms with van der Waals surface area (Å²) in [6, 6.07) is 30.1. The summed E-state index contributed by atoms with van der Waals surface area (Å²) in [4.78, 5) is 19.2. The maximum absolute atomic E-state index is 12.9. The fourth-order valence-electron chi connectivity index (χ4n) is 4.34. The molecule has 0 N–H and O–H groups in total. The third kappa shape index (κ3) is 3.54. The molecule has 0 amide bonds. The normalized spacial score (nSPS) is 20.0. The molecule has 4 heteroatoms. The van der Waals surface area contributed by atoms with Gasteiger partial charge in [0.05, 0.1) is 24.3 Å². The molecule has 3 aromatic rings. The van der Waals surface area contributed by atoms with Crippen LogP contribution >= 0.6 is 0 Å². The zero-order valence-corrected chi connectivity index (χ0v) is 17.5. The number of hydrogen-bond acceptors (Lipinski definition) is 4. The summed E-state index contributed by atoms with van der Waals surface area (Å²) in [5.74, 6) is -0.592. The first-order valence-corrected chi connectivity index (χ1v) is 10.7. The van der Waals surface area contributed by atoms with Crippen molar-refractivity contribution in [1.29, 1.82) is 0 Å². The van der Waals surface area contributed by atoms with Crippen LogP contribution in [0, 0.1) is 11.8 Å². The van der Waals surface area contributed by atoms with Gasteiger partial charge in [0.1, 0.15) is 6.61 Å². The summed E-state index contributed by atoms with van der Waals surface area (Å²) in [6.07, 6.45) is 7.04. The average molecular weight is 421 g/mol. The van der Waals surface area contributed by atoms with E-state index >= 15 is 0 Å². The number of carbonyl (C=O) groups excluding carboxylic acids is 1.